The fraction of sp³-hybridized carbons (Fsp3) is 0.0408. The first-order valence-electron chi connectivity index (χ1n) is 18.9. The van der Waals surface area contributed by atoms with Gasteiger partial charge in [0.2, 0.25) is 5.95 Å². The van der Waals surface area contributed by atoms with Crippen molar-refractivity contribution in [1.82, 2.24) is 34.1 Å². The molecule has 11 rings (SSSR count). The number of hydrogen-bond acceptors (Lipinski definition) is 5. The molecule has 0 amide bonds. The number of rotatable bonds is 6. The van der Waals surface area contributed by atoms with E-state index in [0.717, 1.165) is 90.4 Å². The normalized spacial score (nSPS) is 13.1. The van der Waals surface area contributed by atoms with E-state index in [1.807, 2.05) is 48.8 Å². The van der Waals surface area contributed by atoms with Gasteiger partial charge in [0.1, 0.15) is 0 Å². The molecule has 0 radical (unpaired) electrons. The van der Waals surface area contributed by atoms with Crippen molar-refractivity contribution in [3.63, 3.8) is 0 Å². The molecule has 10 aromatic rings. The van der Waals surface area contributed by atoms with Gasteiger partial charge < -0.3 is 4.57 Å². The molecule has 264 valence electrons. The molecule has 0 saturated carbocycles. The maximum atomic E-state index is 5.38. The van der Waals surface area contributed by atoms with E-state index in [-0.39, 0.29) is 0 Å². The van der Waals surface area contributed by atoms with Gasteiger partial charge in [-0.25, -0.2) is 4.98 Å². The van der Waals surface area contributed by atoms with E-state index in [2.05, 4.69) is 147 Å². The third-order valence-corrected chi connectivity index (χ3v) is 10.7. The Morgan fingerprint density at radius 2 is 1.09 bits per heavy atom. The van der Waals surface area contributed by atoms with Crippen LogP contribution in [0.1, 0.15) is 24.4 Å². The molecule has 1 aliphatic rings. The number of hydrogen-bond donors (Lipinski definition) is 0. The van der Waals surface area contributed by atoms with Crippen molar-refractivity contribution in [2.24, 2.45) is 0 Å². The number of fused-ring (bicyclic) bond motifs is 7. The molecule has 7 nitrogen and oxygen atoms in total. The lowest BCUT2D eigenvalue weighted by molar-refractivity contribution is 0.928. The second kappa shape index (κ2) is 13.1. The minimum atomic E-state index is 0.552. The van der Waals surface area contributed by atoms with E-state index in [0.29, 0.717) is 17.6 Å². The molecule has 0 unspecified atom stereocenters. The van der Waals surface area contributed by atoms with Crippen LogP contribution in [0.3, 0.4) is 0 Å². The maximum Gasteiger partial charge on any atom is 0.238 e. The largest absolute Gasteiger partial charge is 0.307 e. The van der Waals surface area contributed by atoms with Gasteiger partial charge in [-0.15, -0.1) is 0 Å². The van der Waals surface area contributed by atoms with Crippen LogP contribution in [-0.2, 0) is 0 Å². The van der Waals surface area contributed by atoms with Gasteiger partial charge in [0.15, 0.2) is 11.6 Å². The number of benzene rings is 5. The summed E-state index contributed by atoms with van der Waals surface area (Å²) >= 11 is 0. The Kier molecular flexibility index (Phi) is 7.48. The summed E-state index contributed by atoms with van der Waals surface area (Å²) in [5.74, 6) is 1.75. The predicted molar refractivity (Wildman–Crippen MR) is 227 cm³/mol. The van der Waals surface area contributed by atoms with Crippen molar-refractivity contribution in [3.05, 3.63) is 188 Å². The molecule has 5 heterocycles. The molecule has 0 bridgehead atoms. The number of para-hydroxylation sites is 3. The Bertz CT molecular complexity index is 3180. The SMILES string of the molecule is C1=C(c2ccccn2)CCC=C1c1nc(-c2cccc(-c3ccccn3)c2)nc(-n2c3ccccc3c3ccc4c5ccccc5n(-c5ccccc5)c4c32)n1. The van der Waals surface area contributed by atoms with Crippen LogP contribution < -0.4 is 0 Å². The Morgan fingerprint density at radius 3 is 1.82 bits per heavy atom. The quantitative estimate of drug-likeness (QED) is 0.171. The van der Waals surface area contributed by atoms with Crippen LogP contribution in [0.25, 0.3) is 89.0 Å². The Hall–Kier alpha value is -7.51. The zero-order chi connectivity index (χ0) is 37.0. The molecule has 0 saturated heterocycles. The second-order valence-electron chi connectivity index (χ2n) is 14.1. The topological polar surface area (TPSA) is 74.3 Å². The van der Waals surface area contributed by atoms with Crippen LogP contribution in [0.15, 0.2) is 176 Å². The highest BCUT2D eigenvalue weighted by Gasteiger charge is 2.24. The number of pyridine rings is 2. The summed E-state index contributed by atoms with van der Waals surface area (Å²) in [6, 6.07) is 52.6. The highest BCUT2D eigenvalue weighted by molar-refractivity contribution is 6.23. The average molecular weight is 720 g/mol. The zero-order valence-electron chi connectivity index (χ0n) is 30.3. The van der Waals surface area contributed by atoms with Crippen LogP contribution >= 0.6 is 0 Å². The molecule has 0 fully saturated rings. The highest BCUT2D eigenvalue weighted by atomic mass is 15.2. The first-order chi connectivity index (χ1) is 27.8. The van der Waals surface area contributed by atoms with Crippen molar-refractivity contribution >= 4 is 54.8 Å². The first kappa shape index (κ1) is 32.0. The van der Waals surface area contributed by atoms with Gasteiger partial charge in [-0.2, -0.15) is 9.97 Å². The van der Waals surface area contributed by atoms with Gasteiger partial charge in [-0.3, -0.25) is 14.5 Å². The van der Waals surface area contributed by atoms with Crippen molar-refractivity contribution in [2.45, 2.75) is 12.8 Å². The van der Waals surface area contributed by atoms with Gasteiger partial charge >= 0.3 is 0 Å². The van der Waals surface area contributed by atoms with Crippen LogP contribution in [-0.4, -0.2) is 34.1 Å². The molecule has 0 aliphatic heterocycles. The van der Waals surface area contributed by atoms with Gasteiger partial charge in [0.05, 0.1) is 33.5 Å². The Balaban J connectivity index is 1.23. The van der Waals surface area contributed by atoms with Crippen molar-refractivity contribution in [3.8, 4) is 34.3 Å². The number of allylic oxidation sites excluding steroid dienone is 4. The number of nitrogens with zero attached hydrogens (tertiary/aromatic N) is 7. The van der Waals surface area contributed by atoms with Gasteiger partial charge in [0.25, 0.3) is 0 Å². The van der Waals surface area contributed by atoms with E-state index < -0.39 is 0 Å². The monoisotopic (exact) mass is 719 g/mol. The summed E-state index contributed by atoms with van der Waals surface area (Å²) in [6.45, 7) is 0. The van der Waals surface area contributed by atoms with E-state index >= 15 is 0 Å². The standard InChI is InChI=1S/C49H33N7/c1-2-18-36(19-3-1)55-43-24-6-4-20-37(43)39-26-27-40-38-21-5-7-25-44(38)56(46(40)45(39)55)49-53-47(34-16-12-14-32(30-34)41-22-8-10-28-50-41)52-48(54-49)35-17-13-15-33(31-35)42-23-9-11-29-51-42/h1-12,14,16-31H,13,15H2. The lowest BCUT2D eigenvalue weighted by atomic mass is 9.96. The summed E-state index contributed by atoms with van der Waals surface area (Å²) in [5.41, 5.74) is 11.2. The fourth-order valence-corrected chi connectivity index (χ4v) is 8.24. The predicted octanol–water partition coefficient (Wildman–Crippen LogP) is 11.5. The van der Waals surface area contributed by atoms with Crippen LogP contribution in [0.4, 0.5) is 0 Å². The van der Waals surface area contributed by atoms with E-state index in [4.69, 9.17) is 15.0 Å². The van der Waals surface area contributed by atoms with Crippen LogP contribution in [0, 0.1) is 0 Å². The van der Waals surface area contributed by atoms with Gasteiger partial charge in [-0.05, 0) is 79.1 Å². The molecule has 5 aromatic carbocycles. The van der Waals surface area contributed by atoms with E-state index in [1.165, 1.54) is 5.39 Å². The molecule has 5 aromatic heterocycles. The fourth-order valence-electron chi connectivity index (χ4n) is 8.24. The summed E-state index contributed by atoms with van der Waals surface area (Å²) in [5, 5.41) is 4.61. The maximum absolute atomic E-state index is 5.38. The second-order valence-corrected chi connectivity index (χ2v) is 14.1. The summed E-state index contributed by atoms with van der Waals surface area (Å²) in [4.78, 5) is 25.3. The molecule has 0 N–H and O–H groups in total. The highest BCUT2D eigenvalue weighted by Crippen LogP contribution is 2.41. The summed E-state index contributed by atoms with van der Waals surface area (Å²) in [6.07, 6.45) is 9.84. The van der Waals surface area contributed by atoms with Crippen LogP contribution in [0.2, 0.25) is 0 Å². The minimum absolute atomic E-state index is 0.552. The van der Waals surface area contributed by atoms with E-state index in [1.54, 1.807) is 0 Å². The zero-order valence-corrected chi connectivity index (χ0v) is 30.3. The van der Waals surface area contributed by atoms with Gasteiger partial charge in [0, 0.05) is 56.3 Å². The van der Waals surface area contributed by atoms with E-state index in [9.17, 15) is 0 Å². The molecular formula is C49H33N7. The lowest BCUT2D eigenvalue weighted by Crippen LogP contribution is -2.09. The first-order valence-corrected chi connectivity index (χ1v) is 18.9. The molecular weight excluding hydrogens is 687 g/mol. The average Bonchev–Trinajstić information content (AvgIpc) is 3.80. The van der Waals surface area contributed by atoms with Crippen LogP contribution in [0.5, 0.6) is 0 Å². The molecule has 0 spiro atoms. The summed E-state index contributed by atoms with van der Waals surface area (Å²) < 4.78 is 4.63. The van der Waals surface area contributed by atoms with Gasteiger partial charge in [-0.1, -0.05) is 103 Å². The lowest BCUT2D eigenvalue weighted by Gasteiger charge is -2.16. The molecule has 0 atom stereocenters. The Labute approximate surface area is 322 Å². The smallest absolute Gasteiger partial charge is 0.238 e. The number of aromatic nitrogens is 7. The molecule has 1 aliphatic carbocycles. The third-order valence-electron chi connectivity index (χ3n) is 10.7. The molecule has 56 heavy (non-hydrogen) atoms. The van der Waals surface area contributed by atoms with Crippen molar-refractivity contribution < 1.29 is 0 Å². The van der Waals surface area contributed by atoms with Crippen molar-refractivity contribution in [1.29, 1.82) is 0 Å². The summed E-state index contributed by atoms with van der Waals surface area (Å²) in [7, 11) is 0. The Morgan fingerprint density at radius 1 is 0.464 bits per heavy atom. The third kappa shape index (κ3) is 5.24. The molecule has 7 heteroatoms. The van der Waals surface area contributed by atoms with Crippen molar-refractivity contribution in [2.75, 3.05) is 0 Å². The minimum Gasteiger partial charge on any atom is -0.307 e.